The van der Waals surface area contributed by atoms with Gasteiger partial charge in [0.25, 0.3) is 0 Å². The van der Waals surface area contributed by atoms with Crippen LogP contribution in [0.3, 0.4) is 0 Å². The molecule has 5 nitrogen and oxygen atoms in total. The molecule has 146 valence electrons. The molecule has 0 aromatic heterocycles. The Morgan fingerprint density at radius 1 is 0.889 bits per heavy atom. The Labute approximate surface area is 160 Å². The van der Waals surface area contributed by atoms with E-state index in [4.69, 9.17) is 14.2 Å². The number of carbonyl (C=O) groups is 1. The quantitative estimate of drug-likeness (QED) is 0.511. The minimum absolute atomic E-state index is 0.118. The summed E-state index contributed by atoms with van der Waals surface area (Å²) in [6.45, 7) is 5.51. The zero-order valence-corrected chi connectivity index (χ0v) is 16.1. The molecule has 0 heterocycles. The van der Waals surface area contributed by atoms with Gasteiger partial charge in [-0.25, -0.2) is 4.79 Å². The number of hydrogen-bond donors (Lipinski definition) is 1. The summed E-state index contributed by atoms with van der Waals surface area (Å²) >= 11 is 0. The van der Waals surface area contributed by atoms with Gasteiger partial charge in [-0.2, -0.15) is 0 Å². The van der Waals surface area contributed by atoms with Crippen LogP contribution in [-0.2, 0) is 6.61 Å². The van der Waals surface area contributed by atoms with Crippen molar-refractivity contribution in [2.75, 3.05) is 13.2 Å². The van der Waals surface area contributed by atoms with Gasteiger partial charge in [0.1, 0.15) is 6.61 Å². The highest BCUT2D eigenvalue weighted by molar-refractivity contribution is 5.89. The Morgan fingerprint density at radius 3 is 2.07 bits per heavy atom. The SMILES string of the molecule is CCCCOc1cc(C(=O)O)cc(OCc2ccccc2)c1OCCCC. The summed E-state index contributed by atoms with van der Waals surface area (Å²) in [5.74, 6) is 0.254. The Balaban J connectivity index is 2.30. The van der Waals surface area contributed by atoms with Gasteiger partial charge in [0, 0.05) is 0 Å². The third-order valence-electron chi connectivity index (χ3n) is 4.00. The standard InChI is InChI=1S/C22H28O5/c1-3-5-12-25-19-14-18(22(23)24)15-20(21(19)26-13-6-4-2)27-16-17-10-8-7-9-11-17/h7-11,14-15H,3-6,12-13,16H2,1-2H3,(H,23,24). The van der Waals surface area contributed by atoms with Gasteiger partial charge in [-0.1, -0.05) is 57.0 Å². The van der Waals surface area contributed by atoms with Crippen molar-refractivity contribution in [3.05, 3.63) is 53.6 Å². The lowest BCUT2D eigenvalue weighted by Crippen LogP contribution is -2.07. The first-order valence-electron chi connectivity index (χ1n) is 9.49. The van der Waals surface area contributed by atoms with Crippen LogP contribution in [0.25, 0.3) is 0 Å². The largest absolute Gasteiger partial charge is 0.490 e. The molecule has 2 rings (SSSR count). The molecule has 0 aliphatic rings. The maximum Gasteiger partial charge on any atom is 0.335 e. The van der Waals surface area contributed by atoms with Crippen molar-refractivity contribution in [2.24, 2.45) is 0 Å². The van der Waals surface area contributed by atoms with Crippen LogP contribution in [0.5, 0.6) is 17.2 Å². The normalized spacial score (nSPS) is 10.4. The molecule has 0 radical (unpaired) electrons. The Hall–Kier alpha value is -2.69. The van der Waals surface area contributed by atoms with Crippen molar-refractivity contribution in [2.45, 2.75) is 46.1 Å². The van der Waals surface area contributed by atoms with E-state index in [1.165, 1.54) is 12.1 Å². The van der Waals surface area contributed by atoms with Gasteiger partial charge in [-0.15, -0.1) is 0 Å². The molecule has 0 fully saturated rings. The topological polar surface area (TPSA) is 65.0 Å². The second-order valence-corrected chi connectivity index (χ2v) is 6.29. The van der Waals surface area contributed by atoms with Crippen molar-refractivity contribution in [3.8, 4) is 17.2 Å². The Kier molecular flexibility index (Phi) is 8.49. The fraction of sp³-hybridized carbons (Fsp3) is 0.409. The Morgan fingerprint density at radius 2 is 1.48 bits per heavy atom. The van der Waals surface area contributed by atoms with Gasteiger partial charge < -0.3 is 19.3 Å². The van der Waals surface area contributed by atoms with Crippen molar-refractivity contribution >= 4 is 5.97 Å². The van der Waals surface area contributed by atoms with E-state index in [-0.39, 0.29) is 5.56 Å². The van der Waals surface area contributed by atoms with Crippen molar-refractivity contribution in [1.29, 1.82) is 0 Å². The number of rotatable bonds is 12. The number of carboxylic acids is 1. The number of benzene rings is 2. The zero-order valence-electron chi connectivity index (χ0n) is 16.1. The molecule has 0 bridgehead atoms. The summed E-state index contributed by atoms with van der Waals surface area (Å²) in [7, 11) is 0. The van der Waals surface area contributed by atoms with Crippen LogP contribution in [0.4, 0.5) is 0 Å². The highest BCUT2D eigenvalue weighted by Gasteiger charge is 2.18. The summed E-state index contributed by atoms with van der Waals surface area (Å²) < 4.78 is 17.7. The highest BCUT2D eigenvalue weighted by atomic mass is 16.5. The minimum atomic E-state index is -1.03. The number of hydrogen-bond acceptors (Lipinski definition) is 4. The van der Waals surface area contributed by atoms with E-state index in [1.54, 1.807) is 0 Å². The number of carboxylic acid groups (broad SMARTS) is 1. The average molecular weight is 372 g/mol. The molecule has 0 atom stereocenters. The summed E-state index contributed by atoms with van der Waals surface area (Å²) in [5, 5.41) is 9.44. The Bertz CT molecular complexity index is 712. The van der Waals surface area contributed by atoms with Crippen LogP contribution in [0.15, 0.2) is 42.5 Å². The third kappa shape index (κ3) is 6.51. The first-order chi connectivity index (χ1) is 13.2. The predicted molar refractivity (Wildman–Crippen MR) is 105 cm³/mol. The van der Waals surface area contributed by atoms with Gasteiger partial charge in [0.15, 0.2) is 11.5 Å². The lowest BCUT2D eigenvalue weighted by molar-refractivity contribution is 0.0695. The average Bonchev–Trinajstić information content (AvgIpc) is 2.68. The van der Waals surface area contributed by atoms with E-state index >= 15 is 0 Å². The molecule has 2 aromatic carbocycles. The molecular formula is C22H28O5. The molecule has 0 aliphatic carbocycles. The fourth-order valence-corrected chi connectivity index (χ4v) is 2.44. The molecule has 0 aliphatic heterocycles. The van der Waals surface area contributed by atoms with Gasteiger partial charge in [-0.3, -0.25) is 0 Å². The third-order valence-corrected chi connectivity index (χ3v) is 4.00. The monoisotopic (exact) mass is 372 g/mol. The van der Waals surface area contributed by atoms with Crippen LogP contribution in [0.1, 0.15) is 55.5 Å². The van der Waals surface area contributed by atoms with Crippen LogP contribution < -0.4 is 14.2 Å². The first kappa shape index (κ1) is 20.6. The molecule has 27 heavy (non-hydrogen) atoms. The number of ether oxygens (including phenoxy) is 3. The van der Waals surface area contributed by atoms with Crippen LogP contribution in [-0.4, -0.2) is 24.3 Å². The number of aromatic carboxylic acids is 1. The molecule has 2 aromatic rings. The fourth-order valence-electron chi connectivity index (χ4n) is 2.44. The van der Waals surface area contributed by atoms with Gasteiger partial charge in [0.2, 0.25) is 5.75 Å². The van der Waals surface area contributed by atoms with Gasteiger partial charge in [-0.05, 0) is 30.5 Å². The second kappa shape index (κ2) is 11.1. The van der Waals surface area contributed by atoms with E-state index in [9.17, 15) is 9.90 Å². The predicted octanol–water partition coefficient (Wildman–Crippen LogP) is 5.32. The molecule has 0 saturated carbocycles. The van der Waals surface area contributed by atoms with E-state index in [0.717, 1.165) is 31.2 Å². The molecule has 0 unspecified atom stereocenters. The molecule has 5 heteroatoms. The summed E-state index contributed by atoms with van der Waals surface area (Å²) in [6.07, 6.45) is 3.76. The highest BCUT2D eigenvalue weighted by Crippen LogP contribution is 2.39. The maximum absolute atomic E-state index is 11.5. The molecule has 0 amide bonds. The number of unbranched alkanes of at least 4 members (excludes halogenated alkanes) is 2. The maximum atomic E-state index is 11.5. The van der Waals surface area contributed by atoms with Crippen molar-refractivity contribution < 1.29 is 24.1 Å². The van der Waals surface area contributed by atoms with E-state index in [0.29, 0.717) is 37.1 Å². The van der Waals surface area contributed by atoms with E-state index in [2.05, 4.69) is 13.8 Å². The summed E-state index contributed by atoms with van der Waals surface area (Å²) in [5.41, 5.74) is 1.11. The zero-order chi connectivity index (χ0) is 19.5. The van der Waals surface area contributed by atoms with Crippen molar-refractivity contribution in [1.82, 2.24) is 0 Å². The van der Waals surface area contributed by atoms with Crippen LogP contribution in [0.2, 0.25) is 0 Å². The van der Waals surface area contributed by atoms with Crippen LogP contribution in [0, 0.1) is 0 Å². The molecule has 1 N–H and O–H groups in total. The van der Waals surface area contributed by atoms with Crippen LogP contribution >= 0.6 is 0 Å². The summed E-state index contributed by atoms with van der Waals surface area (Å²) in [4.78, 5) is 11.5. The van der Waals surface area contributed by atoms with Crippen molar-refractivity contribution in [3.63, 3.8) is 0 Å². The first-order valence-corrected chi connectivity index (χ1v) is 9.49. The smallest absolute Gasteiger partial charge is 0.335 e. The molecule has 0 spiro atoms. The molecule has 0 saturated heterocycles. The minimum Gasteiger partial charge on any atom is -0.490 e. The van der Waals surface area contributed by atoms with E-state index in [1.807, 2.05) is 30.3 Å². The lowest BCUT2D eigenvalue weighted by Gasteiger charge is -2.18. The van der Waals surface area contributed by atoms with Gasteiger partial charge in [0.05, 0.1) is 18.8 Å². The lowest BCUT2D eigenvalue weighted by atomic mass is 10.1. The molecular weight excluding hydrogens is 344 g/mol. The second-order valence-electron chi connectivity index (χ2n) is 6.29. The van der Waals surface area contributed by atoms with E-state index < -0.39 is 5.97 Å². The summed E-state index contributed by atoms with van der Waals surface area (Å²) in [6, 6.07) is 12.7. The van der Waals surface area contributed by atoms with Gasteiger partial charge >= 0.3 is 5.97 Å².